The molecule has 8 heteroatoms. The molecule has 0 fully saturated rings. The number of carbonyl (C=O) groups is 3. The summed E-state index contributed by atoms with van der Waals surface area (Å²) in [7, 11) is -2.25. The van der Waals surface area contributed by atoms with E-state index >= 15 is 0 Å². The van der Waals surface area contributed by atoms with Crippen molar-refractivity contribution in [1.82, 2.24) is 0 Å². The van der Waals surface area contributed by atoms with E-state index in [-0.39, 0.29) is 24.5 Å². The van der Waals surface area contributed by atoms with Crippen LogP contribution in [0.2, 0.25) is 18.1 Å². The molecule has 152 valence electrons. The van der Waals surface area contributed by atoms with Crippen molar-refractivity contribution < 1.29 is 33.0 Å². The standard InChI is InChI=1S/C18H34O7Si/c1-10-22-16(21)23-14(19)11-13(12-15(20)24-17(2,3)4)25-26(8,9)18(5,6)7/h13H,10-12H2,1-9H3/t13-/m0/s1. The van der Waals surface area contributed by atoms with Gasteiger partial charge in [0.2, 0.25) is 0 Å². The lowest BCUT2D eigenvalue weighted by Crippen LogP contribution is -2.45. The van der Waals surface area contributed by atoms with E-state index in [1.165, 1.54) is 0 Å². The molecule has 1 atom stereocenters. The van der Waals surface area contributed by atoms with E-state index < -0.39 is 38.1 Å². The highest BCUT2D eigenvalue weighted by Gasteiger charge is 2.40. The summed E-state index contributed by atoms with van der Waals surface area (Å²) in [6.07, 6.45) is -2.11. The minimum Gasteiger partial charge on any atom is -0.460 e. The molecule has 0 saturated heterocycles. The lowest BCUT2D eigenvalue weighted by atomic mass is 10.1. The average molecular weight is 391 g/mol. The monoisotopic (exact) mass is 390 g/mol. The lowest BCUT2D eigenvalue weighted by Gasteiger charge is -2.39. The molecule has 0 amide bonds. The van der Waals surface area contributed by atoms with Crippen LogP contribution in [0, 0.1) is 0 Å². The molecule has 0 aromatic heterocycles. The molecule has 0 spiro atoms. The molecule has 0 aromatic rings. The SMILES string of the molecule is CCOC(=O)OC(=O)C[C@@H](CC(=O)OC(C)(C)C)O[Si](C)(C)C(C)(C)C. The fraction of sp³-hybridized carbons (Fsp3) is 0.833. The van der Waals surface area contributed by atoms with Crippen LogP contribution in [0.5, 0.6) is 0 Å². The minimum atomic E-state index is -2.25. The van der Waals surface area contributed by atoms with Gasteiger partial charge in [0.15, 0.2) is 8.32 Å². The maximum absolute atomic E-state index is 12.2. The summed E-state index contributed by atoms with van der Waals surface area (Å²) in [6, 6.07) is 0. The van der Waals surface area contributed by atoms with Crippen molar-refractivity contribution in [2.75, 3.05) is 6.61 Å². The smallest absolute Gasteiger partial charge is 0.460 e. The number of rotatable bonds is 7. The maximum atomic E-state index is 12.2. The Morgan fingerprint density at radius 1 is 0.923 bits per heavy atom. The zero-order valence-electron chi connectivity index (χ0n) is 17.6. The van der Waals surface area contributed by atoms with E-state index in [1.807, 2.05) is 13.1 Å². The van der Waals surface area contributed by atoms with Crippen LogP contribution in [-0.4, -0.2) is 44.7 Å². The highest BCUT2D eigenvalue weighted by molar-refractivity contribution is 6.74. The first-order valence-corrected chi connectivity index (χ1v) is 11.8. The van der Waals surface area contributed by atoms with Crippen LogP contribution < -0.4 is 0 Å². The molecule has 0 aliphatic rings. The van der Waals surface area contributed by atoms with E-state index in [2.05, 4.69) is 30.2 Å². The van der Waals surface area contributed by atoms with Crippen LogP contribution in [-0.2, 0) is 28.2 Å². The second-order valence-corrected chi connectivity index (χ2v) is 13.4. The average Bonchev–Trinajstić information content (AvgIpc) is 2.33. The van der Waals surface area contributed by atoms with Gasteiger partial charge in [0.05, 0.1) is 25.6 Å². The van der Waals surface area contributed by atoms with Gasteiger partial charge in [-0.2, -0.15) is 0 Å². The number of ether oxygens (including phenoxy) is 3. The molecular formula is C18H34O7Si. The van der Waals surface area contributed by atoms with Crippen molar-refractivity contribution in [2.24, 2.45) is 0 Å². The van der Waals surface area contributed by atoms with Gasteiger partial charge >= 0.3 is 18.1 Å². The zero-order chi connectivity index (χ0) is 20.8. The maximum Gasteiger partial charge on any atom is 0.516 e. The summed E-state index contributed by atoms with van der Waals surface area (Å²) >= 11 is 0. The topological polar surface area (TPSA) is 88.1 Å². The fourth-order valence-electron chi connectivity index (χ4n) is 1.79. The molecule has 0 N–H and O–H groups in total. The molecule has 0 bridgehead atoms. The molecule has 26 heavy (non-hydrogen) atoms. The summed E-state index contributed by atoms with van der Waals surface area (Å²) in [4.78, 5) is 35.5. The van der Waals surface area contributed by atoms with Crippen molar-refractivity contribution in [1.29, 1.82) is 0 Å². The molecular weight excluding hydrogens is 356 g/mol. The highest BCUT2D eigenvalue weighted by Crippen LogP contribution is 2.38. The van der Waals surface area contributed by atoms with Gasteiger partial charge in [0, 0.05) is 0 Å². The van der Waals surface area contributed by atoms with Crippen LogP contribution in [0.1, 0.15) is 61.3 Å². The molecule has 0 aromatic carbocycles. The molecule has 0 aliphatic carbocycles. The van der Waals surface area contributed by atoms with Crippen molar-refractivity contribution in [2.45, 2.75) is 91.1 Å². The summed E-state index contributed by atoms with van der Waals surface area (Å²) in [5, 5.41) is -0.107. The highest BCUT2D eigenvalue weighted by atomic mass is 28.4. The van der Waals surface area contributed by atoms with Gasteiger partial charge < -0.3 is 18.6 Å². The van der Waals surface area contributed by atoms with Gasteiger partial charge in [-0.3, -0.25) is 9.59 Å². The molecule has 0 heterocycles. The summed E-state index contributed by atoms with van der Waals surface area (Å²) in [6.45, 7) is 17.2. The predicted molar refractivity (Wildman–Crippen MR) is 100 cm³/mol. The fourth-order valence-corrected chi connectivity index (χ4v) is 3.14. The third-order valence-electron chi connectivity index (χ3n) is 3.94. The van der Waals surface area contributed by atoms with E-state index in [0.717, 1.165) is 0 Å². The van der Waals surface area contributed by atoms with Gasteiger partial charge in [-0.1, -0.05) is 20.8 Å². The Morgan fingerprint density at radius 3 is 1.85 bits per heavy atom. The molecule has 0 radical (unpaired) electrons. The Balaban J connectivity index is 5.13. The quantitative estimate of drug-likeness (QED) is 0.366. The second kappa shape index (κ2) is 9.50. The van der Waals surface area contributed by atoms with Gasteiger partial charge in [-0.05, 0) is 45.8 Å². The third kappa shape index (κ3) is 9.91. The van der Waals surface area contributed by atoms with E-state index in [9.17, 15) is 14.4 Å². The van der Waals surface area contributed by atoms with E-state index in [0.29, 0.717) is 0 Å². The molecule has 0 unspecified atom stereocenters. The number of carbonyl (C=O) groups excluding carboxylic acids is 3. The van der Waals surface area contributed by atoms with E-state index in [4.69, 9.17) is 9.16 Å². The number of hydrogen-bond acceptors (Lipinski definition) is 7. The Kier molecular flexibility index (Phi) is 8.99. The molecule has 0 saturated carbocycles. The van der Waals surface area contributed by atoms with Crippen molar-refractivity contribution in [3.05, 3.63) is 0 Å². The molecule has 0 rings (SSSR count). The van der Waals surface area contributed by atoms with Crippen molar-refractivity contribution >= 4 is 26.4 Å². The van der Waals surface area contributed by atoms with Crippen molar-refractivity contribution in [3.8, 4) is 0 Å². The first-order valence-electron chi connectivity index (χ1n) is 8.84. The van der Waals surface area contributed by atoms with Crippen LogP contribution in [0.15, 0.2) is 0 Å². The summed E-state index contributed by atoms with van der Waals surface area (Å²) < 4.78 is 20.7. The Bertz CT molecular complexity index is 501. The van der Waals surface area contributed by atoms with Crippen LogP contribution in [0.3, 0.4) is 0 Å². The third-order valence-corrected chi connectivity index (χ3v) is 8.47. The zero-order valence-corrected chi connectivity index (χ0v) is 18.6. The lowest BCUT2D eigenvalue weighted by molar-refractivity contribution is -0.157. The largest absolute Gasteiger partial charge is 0.516 e. The predicted octanol–water partition coefficient (Wildman–Crippen LogP) is 4.20. The van der Waals surface area contributed by atoms with Crippen LogP contribution in [0.25, 0.3) is 0 Å². The normalized spacial score (nSPS) is 13.7. The minimum absolute atomic E-state index is 0.0955. The number of esters is 2. The van der Waals surface area contributed by atoms with Crippen LogP contribution >= 0.6 is 0 Å². The second-order valence-electron chi connectivity index (χ2n) is 8.65. The van der Waals surface area contributed by atoms with E-state index in [1.54, 1.807) is 27.7 Å². The van der Waals surface area contributed by atoms with Crippen molar-refractivity contribution in [3.63, 3.8) is 0 Å². The summed E-state index contributed by atoms with van der Waals surface area (Å²) in [5.41, 5.74) is -0.635. The van der Waals surface area contributed by atoms with Gasteiger partial charge in [-0.25, -0.2) is 4.79 Å². The van der Waals surface area contributed by atoms with Gasteiger partial charge in [0.1, 0.15) is 5.60 Å². The van der Waals surface area contributed by atoms with Crippen LogP contribution in [0.4, 0.5) is 4.79 Å². The molecule has 7 nitrogen and oxygen atoms in total. The Hall–Kier alpha value is -1.41. The first kappa shape index (κ1) is 24.6. The molecule has 0 aliphatic heterocycles. The first-order chi connectivity index (χ1) is 11.6. The summed E-state index contributed by atoms with van der Waals surface area (Å²) in [5.74, 6) is -1.26. The number of hydrogen-bond donors (Lipinski definition) is 0. The Labute approximate surface area is 157 Å². The van der Waals surface area contributed by atoms with Gasteiger partial charge in [-0.15, -0.1) is 0 Å². The Morgan fingerprint density at radius 2 is 1.42 bits per heavy atom. The van der Waals surface area contributed by atoms with Gasteiger partial charge in [0.25, 0.3) is 0 Å².